The third-order valence-electron chi connectivity index (χ3n) is 1.68. The van der Waals surface area contributed by atoms with E-state index in [1.807, 2.05) is 30.3 Å². The molecule has 0 saturated heterocycles. The fraction of sp³-hybridized carbons (Fsp3) is 0.333. The lowest BCUT2D eigenvalue weighted by atomic mass is 10.1. The molecular weight excluding hydrogens is 223 g/mol. The summed E-state index contributed by atoms with van der Waals surface area (Å²) in [6, 6.07) is 9.57. The average molecular weight is 235 g/mol. The van der Waals surface area contributed by atoms with E-state index in [0.29, 0.717) is 6.42 Å². The Labute approximate surface area is 88.0 Å². The molecule has 3 nitrogen and oxygen atoms in total. The lowest BCUT2D eigenvalue weighted by Gasteiger charge is -2.12. The predicted octanol–water partition coefficient (Wildman–Crippen LogP) is 2.97. The van der Waals surface area contributed by atoms with Crippen LogP contribution in [0.3, 0.4) is 0 Å². The predicted molar refractivity (Wildman–Crippen MR) is 56.4 cm³/mol. The molecule has 0 amide bonds. The standard InChI is InChI=1S/C9H12ClO3P/c1-8(13-14(10,11)12)7-9-5-3-2-4-6-9/h2-6,8H,7H2,1H3,(H,11,12). The van der Waals surface area contributed by atoms with Gasteiger partial charge in [0.05, 0.1) is 6.10 Å². The zero-order valence-electron chi connectivity index (χ0n) is 7.76. The van der Waals surface area contributed by atoms with Gasteiger partial charge in [0, 0.05) is 11.2 Å². The van der Waals surface area contributed by atoms with Crippen molar-refractivity contribution in [2.75, 3.05) is 0 Å². The molecule has 0 aliphatic heterocycles. The van der Waals surface area contributed by atoms with E-state index < -0.39 is 6.95 Å². The summed E-state index contributed by atoms with van der Waals surface area (Å²) in [6.07, 6.45) is 0.198. The quantitative estimate of drug-likeness (QED) is 0.815. The highest BCUT2D eigenvalue weighted by Gasteiger charge is 2.18. The molecule has 14 heavy (non-hydrogen) atoms. The van der Waals surface area contributed by atoms with Crippen LogP contribution in [0.2, 0.25) is 0 Å². The first-order chi connectivity index (χ1) is 6.47. The third kappa shape index (κ3) is 4.77. The summed E-state index contributed by atoms with van der Waals surface area (Å²) < 4.78 is 15.4. The highest BCUT2D eigenvalue weighted by Crippen LogP contribution is 2.48. The zero-order chi connectivity index (χ0) is 10.6. The van der Waals surface area contributed by atoms with Gasteiger partial charge in [0.2, 0.25) is 0 Å². The first-order valence-electron chi connectivity index (χ1n) is 4.22. The summed E-state index contributed by atoms with van der Waals surface area (Å²) in [4.78, 5) is 8.76. The van der Waals surface area contributed by atoms with Crippen LogP contribution in [-0.4, -0.2) is 11.0 Å². The van der Waals surface area contributed by atoms with E-state index >= 15 is 0 Å². The molecule has 0 heterocycles. The highest BCUT2D eigenvalue weighted by molar-refractivity contribution is 7.80. The minimum Gasteiger partial charge on any atom is -0.313 e. The maximum absolute atomic E-state index is 10.7. The minimum atomic E-state index is -3.89. The molecule has 0 bridgehead atoms. The Morgan fingerprint density at radius 3 is 2.57 bits per heavy atom. The van der Waals surface area contributed by atoms with Gasteiger partial charge in [-0.1, -0.05) is 30.3 Å². The van der Waals surface area contributed by atoms with E-state index in [2.05, 4.69) is 0 Å². The Morgan fingerprint density at radius 2 is 2.07 bits per heavy atom. The van der Waals surface area contributed by atoms with Crippen molar-refractivity contribution >= 4 is 18.2 Å². The Morgan fingerprint density at radius 1 is 1.50 bits per heavy atom. The molecule has 5 heteroatoms. The van der Waals surface area contributed by atoms with Gasteiger partial charge in [0.1, 0.15) is 0 Å². The lowest BCUT2D eigenvalue weighted by molar-refractivity contribution is 0.200. The van der Waals surface area contributed by atoms with Crippen LogP contribution in [0, 0.1) is 0 Å². The van der Waals surface area contributed by atoms with Gasteiger partial charge in [-0.25, -0.2) is 4.57 Å². The van der Waals surface area contributed by atoms with Crippen molar-refractivity contribution in [1.82, 2.24) is 0 Å². The van der Waals surface area contributed by atoms with Crippen LogP contribution in [0.1, 0.15) is 12.5 Å². The number of benzene rings is 1. The van der Waals surface area contributed by atoms with Gasteiger partial charge in [-0.2, -0.15) is 0 Å². The molecule has 78 valence electrons. The normalized spacial score (nSPS) is 17.4. The van der Waals surface area contributed by atoms with Crippen molar-refractivity contribution in [1.29, 1.82) is 0 Å². The molecule has 0 spiro atoms. The van der Waals surface area contributed by atoms with Crippen LogP contribution in [0.15, 0.2) is 30.3 Å². The van der Waals surface area contributed by atoms with Gasteiger partial charge in [0.25, 0.3) is 0 Å². The van der Waals surface area contributed by atoms with Crippen LogP contribution in [0.4, 0.5) is 0 Å². The van der Waals surface area contributed by atoms with Gasteiger partial charge in [-0.3, -0.25) is 4.52 Å². The second-order valence-corrected chi connectivity index (χ2v) is 5.45. The topological polar surface area (TPSA) is 46.5 Å². The molecule has 1 N–H and O–H groups in total. The average Bonchev–Trinajstić information content (AvgIpc) is 2.02. The number of halogens is 1. The fourth-order valence-electron chi connectivity index (χ4n) is 1.21. The van der Waals surface area contributed by atoms with Crippen molar-refractivity contribution in [3.05, 3.63) is 35.9 Å². The number of hydrogen-bond acceptors (Lipinski definition) is 2. The Hall–Kier alpha value is -0.340. The molecule has 0 aromatic heterocycles. The second kappa shape index (κ2) is 4.94. The SMILES string of the molecule is CC(Cc1ccccc1)OP(=O)(O)Cl. The summed E-state index contributed by atoms with van der Waals surface area (Å²) in [6.45, 7) is -2.18. The lowest BCUT2D eigenvalue weighted by Crippen LogP contribution is -2.08. The molecule has 0 aliphatic rings. The first kappa shape index (κ1) is 11.7. The van der Waals surface area contributed by atoms with E-state index in [-0.39, 0.29) is 6.10 Å². The van der Waals surface area contributed by atoms with Gasteiger partial charge < -0.3 is 4.89 Å². The summed E-state index contributed by atoms with van der Waals surface area (Å²) in [5.74, 6) is 0. The molecule has 1 aromatic carbocycles. The van der Waals surface area contributed by atoms with Crippen molar-refractivity contribution < 1.29 is 14.0 Å². The van der Waals surface area contributed by atoms with E-state index in [9.17, 15) is 4.57 Å². The minimum absolute atomic E-state index is 0.370. The van der Waals surface area contributed by atoms with Gasteiger partial charge in [-0.15, -0.1) is 0 Å². The van der Waals surface area contributed by atoms with Gasteiger partial charge in [-0.05, 0) is 18.9 Å². The fourth-order valence-corrected chi connectivity index (χ4v) is 2.13. The molecule has 1 rings (SSSR count). The highest BCUT2D eigenvalue weighted by atomic mass is 35.7. The van der Waals surface area contributed by atoms with E-state index in [0.717, 1.165) is 5.56 Å². The van der Waals surface area contributed by atoms with Crippen LogP contribution < -0.4 is 0 Å². The smallest absolute Gasteiger partial charge is 0.313 e. The van der Waals surface area contributed by atoms with Crippen LogP contribution >= 0.6 is 18.2 Å². The Balaban J connectivity index is 2.50. The summed E-state index contributed by atoms with van der Waals surface area (Å²) >= 11 is 5.08. The summed E-state index contributed by atoms with van der Waals surface area (Å²) in [5, 5.41) is 0. The molecule has 0 radical (unpaired) electrons. The van der Waals surface area contributed by atoms with Gasteiger partial charge in [0.15, 0.2) is 0 Å². The number of hydrogen-bond donors (Lipinski definition) is 1. The van der Waals surface area contributed by atoms with Crippen molar-refractivity contribution in [3.63, 3.8) is 0 Å². The monoisotopic (exact) mass is 234 g/mol. The van der Waals surface area contributed by atoms with Crippen LogP contribution in [0.25, 0.3) is 0 Å². The third-order valence-corrected chi connectivity index (χ3v) is 2.53. The number of rotatable bonds is 4. The largest absolute Gasteiger partial charge is 0.421 e. The van der Waals surface area contributed by atoms with Crippen molar-refractivity contribution in [2.45, 2.75) is 19.4 Å². The Bertz CT molecular complexity index is 322. The van der Waals surface area contributed by atoms with E-state index in [4.69, 9.17) is 20.7 Å². The molecular formula is C9H12ClO3P. The molecule has 2 unspecified atom stereocenters. The van der Waals surface area contributed by atoms with Crippen molar-refractivity contribution in [2.24, 2.45) is 0 Å². The zero-order valence-corrected chi connectivity index (χ0v) is 9.41. The van der Waals surface area contributed by atoms with Crippen LogP contribution in [0.5, 0.6) is 0 Å². The maximum Gasteiger partial charge on any atom is 0.421 e. The molecule has 0 fully saturated rings. The molecule has 0 saturated carbocycles. The molecule has 1 aromatic rings. The second-order valence-electron chi connectivity index (χ2n) is 3.06. The van der Waals surface area contributed by atoms with Crippen LogP contribution in [-0.2, 0) is 15.5 Å². The molecule has 0 aliphatic carbocycles. The van der Waals surface area contributed by atoms with Gasteiger partial charge >= 0.3 is 6.95 Å². The van der Waals surface area contributed by atoms with E-state index in [1.165, 1.54) is 0 Å². The Kier molecular flexibility index (Phi) is 4.14. The van der Waals surface area contributed by atoms with Crippen molar-refractivity contribution in [3.8, 4) is 0 Å². The van der Waals surface area contributed by atoms with E-state index in [1.54, 1.807) is 6.92 Å². The summed E-state index contributed by atoms with van der Waals surface area (Å²) in [5.41, 5.74) is 1.05. The maximum atomic E-state index is 10.7. The summed E-state index contributed by atoms with van der Waals surface area (Å²) in [7, 11) is 0. The first-order valence-corrected chi connectivity index (χ1v) is 6.70. The molecule has 2 atom stereocenters.